The molecular formula is C12H19F3N2O. The van der Waals surface area contributed by atoms with Crippen LogP contribution in [0.4, 0.5) is 13.2 Å². The van der Waals surface area contributed by atoms with Gasteiger partial charge in [0.05, 0.1) is 12.2 Å². The average molecular weight is 264 g/mol. The molecule has 18 heavy (non-hydrogen) atoms. The molecular weight excluding hydrogens is 245 g/mol. The van der Waals surface area contributed by atoms with E-state index >= 15 is 0 Å². The maximum Gasteiger partial charge on any atom is 0.412 e. The molecule has 0 bridgehead atoms. The van der Waals surface area contributed by atoms with Crippen molar-refractivity contribution in [3.05, 3.63) is 11.6 Å². The number of rotatable bonds is 3. The molecule has 104 valence electrons. The van der Waals surface area contributed by atoms with Gasteiger partial charge in [-0.1, -0.05) is 6.08 Å². The van der Waals surface area contributed by atoms with Crippen LogP contribution in [0.1, 0.15) is 19.3 Å². The van der Waals surface area contributed by atoms with Crippen LogP contribution in [0.15, 0.2) is 11.6 Å². The second-order valence-electron chi connectivity index (χ2n) is 4.93. The topological polar surface area (TPSA) is 38.5 Å². The lowest BCUT2D eigenvalue weighted by molar-refractivity contribution is -0.0963. The molecule has 2 unspecified atom stereocenters. The summed E-state index contributed by atoms with van der Waals surface area (Å²) < 4.78 is 43.0. The highest BCUT2D eigenvalue weighted by molar-refractivity contribution is 5.13. The Bertz CT molecular complexity index is 317. The average Bonchev–Trinajstić information content (AvgIpc) is 2.76. The van der Waals surface area contributed by atoms with E-state index in [0.717, 1.165) is 12.8 Å². The van der Waals surface area contributed by atoms with Crippen molar-refractivity contribution in [2.24, 2.45) is 5.73 Å². The first-order chi connectivity index (χ1) is 8.49. The fourth-order valence-corrected chi connectivity index (χ4v) is 2.51. The van der Waals surface area contributed by atoms with Gasteiger partial charge in [0, 0.05) is 31.8 Å². The Morgan fingerprint density at radius 1 is 1.33 bits per heavy atom. The standard InChI is InChI=1S/C12H19F3N2O/c13-12(14,15)9-3-5-17(6-4-9)8-11-2-1-10(7-16)18-11/h3,10-11H,1-2,4-8,16H2. The van der Waals surface area contributed by atoms with Crippen molar-refractivity contribution < 1.29 is 17.9 Å². The molecule has 0 aromatic heterocycles. The molecule has 0 aromatic rings. The first-order valence-electron chi connectivity index (χ1n) is 6.33. The van der Waals surface area contributed by atoms with Crippen LogP contribution >= 0.6 is 0 Å². The number of hydrogen-bond acceptors (Lipinski definition) is 3. The van der Waals surface area contributed by atoms with Crippen molar-refractivity contribution in [2.45, 2.75) is 37.6 Å². The second kappa shape index (κ2) is 5.59. The molecule has 0 spiro atoms. The molecule has 0 aromatic carbocycles. The molecule has 2 aliphatic rings. The van der Waals surface area contributed by atoms with Crippen LogP contribution in [-0.2, 0) is 4.74 Å². The zero-order chi connectivity index (χ0) is 13.2. The van der Waals surface area contributed by atoms with Crippen LogP contribution in [0, 0.1) is 0 Å². The van der Waals surface area contributed by atoms with E-state index in [4.69, 9.17) is 10.5 Å². The van der Waals surface area contributed by atoms with E-state index < -0.39 is 11.7 Å². The summed E-state index contributed by atoms with van der Waals surface area (Å²) >= 11 is 0. The van der Waals surface area contributed by atoms with Gasteiger partial charge in [-0.2, -0.15) is 13.2 Å². The number of alkyl halides is 3. The van der Waals surface area contributed by atoms with Crippen molar-refractivity contribution in [1.29, 1.82) is 0 Å². The summed E-state index contributed by atoms with van der Waals surface area (Å²) in [6.07, 6.45) is -0.636. The number of nitrogens with zero attached hydrogens (tertiary/aromatic N) is 1. The predicted molar refractivity (Wildman–Crippen MR) is 62.1 cm³/mol. The van der Waals surface area contributed by atoms with E-state index in [2.05, 4.69) is 0 Å². The smallest absolute Gasteiger partial charge is 0.372 e. The maximum absolute atomic E-state index is 12.4. The van der Waals surface area contributed by atoms with Crippen LogP contribution in [-0.4, -0.2) is 49.5 Å². The number of ether oxygens (including phenoxy) is 1. The Morgan fingerprint density at radius 3 is 2.56 bits per heavy atom. The van der Waals surface area contributed by atoms with Gasteiger partial charge in [0.2, 0.25) is 0 Å². The molecule has 2 aliphatic heterocycles. The third-order valence-corrected chi connectivity index (χ3v) is 3.58. The summed E-state index contributed by atoms with van der Waals surface area (Å²) in [5.74, 6) is 0. The van der Waals surface area contributed by atoms with Gasteiger partial charge in [0.15, 0.2) is 0 Å². The molecule has 0 radical (unpaired) electrons. The van der Waals surface area contributed by atoms with Gasteiger partial charge < -0.3 is 10.5 Å². The fraction of sp³-hybridized carbons (Fsp3) is 0.833. The van der Waals surface area contributed by atoms with E-state index in [1.54, 1.807) is 0 Å². The van der Waals surface area contributed by atoms with Gasteiger partial charge in [-0.05, 0) is 19.3 Å². The molecule has 1 fully saturated rings. The Morgan fingerprint density at radius 2 is 2.06 bits per heavy atom. The summed E-state index contributed by atoms with van der Waals surface area (Å²) in [6, 6.07) is 0. The molecule has 6 heteroatoms. The molecule has 2 N–H and O–H groups in total. The third-order valence-electron chi connectivity index (χ3n) is 3.58. The molecule has 0 aliphatic carbocycles. The molecule has 1 saturated heterocycles. The lowest BCUT2D eigenvalue weighted by Crippen LogP contribution is -2.37. The van der Waals surface area contributed by atoms with Crippen LogP contribution in [0.5, 0.6) is 0 Å². The zero-order valence-electron chi connectivity index (χ0n) is 10.2. The summed E-state index contributed by atoms with van der Waals surface area (Å²) in [4.78, 5) is 2.01. The fourth-order valence-electron chi connectivity index (χ4n) is 2.51. The zero-order valence-corrected chi connectivity index (χ0v) is 10.2. The van der Waals surface area contributed by atoms with Gasteiger partial charge in [-0.25, -0.2) is 0 Å². The van der Waals surface area contributed by atoms with E-state index in [-0.39, 0.29) is 18.6 Å². The number of hydrogen-bond donors (Lipinski definition) is 1. The Balaban J connectivity index is 1.79. The summed E-state index contributed by atoms with van der Waals surface area (Å²) in [5, 5.41) is 0. The summed E-state index contributed by atoms with van der Waals surface area (Å²) in [6.45, 7) is 2.05. The Kier molecular flexibility index (Phi) is 4.29. The Labute approximate surface area is 105 Å². The molecule has 3 nitrogen and oxygen atoms in total. The highest BCUT2D eigenvalue weighted by Crippen LogP contribution is 2.30. The molecule has 0 amide bonds. The predicted octanol–water partition coefficient (Wildman–Crippen LogP) is 1.69. The quantitative estimate of drug-likeness (QED) is 0.788. The minimum absolute atomic E-state index is 0.0799. The first-order valence-corrected chi connectivity index (χ1v) is 6.33. The monoisotopic (exact) mass is 264 g/mol. The van der Waals surface area contributed by atoms with Gasteiger partial charge in [-0.15, -0.1) is 0 Å². The Hall–Kier alpha value is -0.590. The number of halogens is 3. The van der Waals surface area contributed by atoms with Gasteiger partial charge in [-0.3, -0.25) is 4.90 Å². The molecule has 0 saturated carbocycles. The van der Waals surface area contributed by atoms with Crippen molar-refractivity contribution >= 4 is 0 Å². The van der Waals surface area contributed by atoms with Crippen LogP contribution < -0.4 is 5.73 Å². The van der Waals surface area contributed by atoms with Gasteiger partial charge in [0.25, 0.3) is 0 Å². The number of nitrogens with two attached hydrogens (primary N) is 1. The van der Waals surface area contributed by atoms with E-state index in [0.29, 0.717) is 26.2 Å². The minimum Gasteiger partial charge on any atom is -0.372 e. The highest BCUT2D eigenvalue weighted by Gasteiger charge is 2.35. The minimum atomic E-state index is -4.17. The molecule has 2 heterocycles. The largest absolute Gasteiger partial charge is 0.412 e. The molecule has 2 rings (SSSR count). The van der Waals surface area contributed by atoms with Gasteiger partial charge >= 0.3 is 6.18 Å². The maximum atomic E-state index is 12.4. The highest BCUT2D eigenvalue weighted by atomic mass is 19.4. The van der Waals surface area contributed by atoms with E-state index in [1.165, 1.54) is 6.08 Å². The summed E-state index contributed by atoms with van der Waals surface area (Å²) in [7, 11) is 0. The van der Waals surface area contributed by atoms with Crippen molar-refractivity contribution in [3.63, 3.8) is 0 Å². The van der Waals surface area contributed by atoms with Crippen LogP contribution in [0.2, 0.25) is 0 Å². The van der Waals surface area contributed by atoms with Crippen LogP contribution in [0.25, 0.3) is 0 Å². The van der Waals surface area contributed by atoms with E-state index in [1.807, 2.05) is 4.90 Å². The van der Waals surface area contributed by atoms with Crippen molar-refractivity contribution in [2.75, 3.05) is 26.2 Å². The summed E-state index contributed by atoms with van der Waals surface area (Å²) in [5.41, 5.74) is 5.12. The van der Waals surface area contributed by atoms with Crippen LogP contribution in [0.3, 0.4) is 0 Å². The van der Waals surface area contributed by atoms with E-state index in [9.17, 15) is 13.2 Å². The van der Waals surface area contributed by atoms with Crippen molar-refractivity contribution in [1.82, 2.24) is 4.90 Å². The lowest BCUT2D eigenvalue weighted by atomic mass is 10.1. The van der Waals surface area contributed by atoms with Gasteiger partial charge in [0.1, 0.15) is 0 Å². The lowest BCUT2D eigenvalue weighted by Gasteiger charge is -2.29. The normalized spacial score (nSPS) is 30.6. The molecule has 2 atom stereocenters. The third kappa shape index (κ3) is 3.46. The second-order valence-corrected chi connectivity index (χ2v) is 4.93. The van der Waals surface area contributed by atoms with Crippen molar-refractivity contribution in [3.8, 4) is 0 Å². The SMILES string of the molecule is NCC1CCC(CN2CC=C(C(F)(F)F)CC2)O1. The first kappa shape index (κ1) is 13.8.